The normalized spacial score (nSPS) is 10.9. The van der Waals surface area contributed by atoms with E-state index >= 15 is 0 Å². The van der Waals surface area contributed by atoms with Gasteiger partial charge in [0.1, 0.15) is 17.9 Å². The summed E-state index contributed by atoms with van der Waals surface area (Å²) in [6.45, 7) is 2.04. The summed E-state index contributed by atoms with van der Waals surface area (Å²) in [4.78, 5) is 12.1. The molecule has 0 saturated carbocycles. The summed E-state index contributed by atoms with van der Waals surface area (Å²) in [5.74, 6) is 0.273. The quantitative estimate of drug-likeness (QED) is 0.504. The molecule has 0 aliphatic carbocycles. The Bertz CT molecular complexity index is 994. The zero-order valence-corrected chi connectivity index (χ0v) is 13.6. The van der Waals surface area contributed by atoms with Gasteiger partial charge in [-0.2, -0.15) is 0 Å². The van der Waals surface area contributed by atoms with Crippen molar-refractivity contribution >= 4 is 16.9 Å². The minimum Gasteiger partial charge on any atom is -0.453 e. The Morgan fingerprint density at radius 3 is 2.68 bits per heavy atom. The van der Waals surface area contributed by atoms with Crippen molar-refractivity contribution in [2.24, 2.45) is 0 Å². The van der Waals surface area contributed by atoms with Crippen molar-refractivity contribution in [1.29, 1.82) is 0 Å². The van der Waals surface area contributed by atoms with Crippen LogP contribution in [0.15, 0.2) is 69.6 Å². The summed E-state index contributed by atoms with van der Waals surface area (Å²) in [7, 11) is 0. The van der Waals surface area contributed by atoms with Crippen LogP contribution in [0.5, 0.6) is 0 Å². The molecule has 0 radical (unpaired) electrons. The van der Waals surface area contributed by atoms with Crippen LogP contribution in [0.25, 0.3) is 22.3 Å². The molecule has 5 nitrogen and oxygen atoms in total. The maximum Gasteiger partial charge on any atom is 0.374 e. The number of benzene rings is 2. The van der Waals surface area contributed by atoms with Crippen LogP contribution < -0.4 is 0 Å². The number of ether oxygens (including phenoxy) is 1. The van der Waals surface area contributed by atoms with Crippen LogP contribution in [-0.2, 0) is 11.3 Å². The number of fused-ring (bicyclic) bond motifs is 1. The van der Waals surface area contributed by atoms with E-state index in [0.717, 1.165) is 10.9 Å². The van der Waals surface area contributed by atoms with Crippen molar-refractivity contribution in [3.05, 3.63) is 77.7 Å². The first-order chi connectivity index (χ1) is 12.2. The van der Waals surface area contributed by atoms with Crippen LogP contribution in [0.1, 0.15) is 21.8 Å². The van der Waals surface area contributed by atoms with Crippen molar-refractivity contribution in [2.45, 2.75) is 13.5 Å². The van der Waals surface area contributed by atoms with Crippen molar-refractivity contribution in [3.8, 4) is 11.3 Å². The minimum atomic E-state index is -0.531. The number of aromatic nitrogens is 1. The second-order valence-electron chi connectivity index (χ2n) is 5.77. The number of para-hydroxylation sites is 1. The van der Waals surface area contributed by atoms with Crippen LogP contribution in [0.2, 0.25) is 0 Å². The van der Waals surface area contributed by atoms with Gasteiger partial charge in [-0.25, -0.2) is 4.79 Å². The predicted octanol–water partition coefficient (Wildman–Crippen LogP) is 4.75. The third-order valence-corrected chi connectivity index (χ3v) is 3.87. The molecule has 5 heteroatoms. The number of rotatable bonds is 4. The van der Waals surface area contributed by atoms with Gasteiger partial charge in [-0.3, -0.25) is 0 Å². The lowest BCUT2D eigenvalue weighted by molar-refractivity contribution is 0.0430. The molecule has 0 amide bonds. The molecule has 0 spiro atoms. The zero-order chi connectivity index (χ0) is 17.2. The Morgan fingerprint density at radius 2 is 1.88 bits per heavy atom. The number of carbonyl (C=O) groups is 1. The Labute approximate surface area is 143 Å². The molecular weight excluding hydrogens is 318 g/mol. The predicted molar refractivity (Wildman–Crippen MR) is 92.0 cm³/mol. The maximum absolute atomic E-state index is 12.1. The molecular formula is C20H15NO4. The van der Waals surface area contributed by atoms with E-state index in [2.05, 4.69) is 5.16 Å². The second-order valence-corrected chi connectivity index (χ2v) is 5.77. The van der Waals surface area contributed by atoms with Crippen LogP contribution >= 0.6 is 0 Å². The third kappa shape index (κ3) is 3.17. The Morgan fingerprint density at radius 1 is 1.08 bits per heavy atom. The Kier molecular flexibility index (Phi) is 3.82. The van der Waals surface area contributed by atoms with Crippen molar-refractivity contribution in [2.75, 3.05) is 0 Å². The van der Waals surface area contributed by atoms with Gasteiger partial charge < -0.3 is 13.7 Å². The summed E-state index contributed by atoms with van der Waals surface area (Å²) in [6, 6.07) is 18.8. The van der Waals surface area contributed by atoms with E-state index < -0.39 is 5.97 Å². The molecule has 0 aliphatic heterocycles. The van der Waals surface area contributed by atoms with Crippen LogP contribution in [0.4, 0.5) is 0 Å². The van der Waals surface area contributed by atoms with Gasteiger partial charge in [0, 0.05) is 17.0 Å². The number of carbonyl (C=O) groups excluding carboxylic acids is 1. The van der Waals surface area contributed by atoms with Gasteiger partial charge >= 0.3 is 5.97 Å². The molecule has 2 aromatic heterocycles. The number of furan rings is 1. The Hall–Kier alpha value is -3.34. The fourth-order valence-corrected chi connectivity index (χ4v) is 2.53. The van der Waals surface area contributed by atoms with E-state index in [4.69, 9.17) is 13.7 Å². The van der Waals surface area contributed by atoms with Gasteiger partial charge in [0.25, 0.3) is 0 Å². The molecule has 2 heterocycles. The van der Waals surface area contributed by atoms with Gasteiger partial charge in [-0.1, -0.05) is 53.2 Å². The van der Waals surface area contributed by atoms with E-state index in [9.17, 15) is 4.79 Å². The van der Waals surface area contributed by atoms with Gasteiger partial charge in [0.15, 0.2) is 5.76 Å². The van der Waals surface area contributed by atoms with E-state index in [1.807, 2.05) is 49.4 Å². The first-order valence-corrected chi connectivity index (χ1v) is 7.87. The fourth-order valence-electron chi connectivity index (χ4n) is 2.53. The average Bonchev–Trinajstić information content (AvgIpc) is 3.27. The Balaban J connectivity index is 1.44. The number of esters is 1. The largest absolute Gasteiger partial charge is 0.453 e. The first-order valence-electron chi connectivity index (χ1n) is 7.87. The lowest BCUT2D eigenvalue weighted by Gasteiger charge is -1.98. The molecule has 2 aromatic carbocycles. The molecule has 0 atom stereocenters. The molecule has 0 bridgehead atoms. The molecule has 0 saturated heterocycles. The summed E-state index contributed by atoms with van der Waals surface area (Å²) in [6.07, 6.45) is 0. The molecule has 0 N–H and O–H groups in total. The average molecular weight is 333 g/mol. The maximum atomic E-state index is 12.1. The third-order valence-electron chi connectivity index (χ3n) is 3.87. The lowest BCUT2D eigenvalue weighted by atomic mass is 10.1. The highest BCUT2D eigenvalue weighted by molar-refractivity contribution is 5.92. The summed E-state index contributed by atoms with van der Waals surface area (Å²) >= 11 is 0. The minimum absolute atomic E-state index is 0.0191. The standard InChI is InChI=1S/C20H15NO4/c1-13-6-8-14(9-7-13)18-11-16(21-25-18)12-23-20(22)19-10-15-4-2-3-5-17(15)24-19/h2-11H,12H2,1H3. The number of hydrogen-bond donors (Lipinski definition) is 0. The van der Waals surface area contributed by atoms with Gasteiger partial charge in [0.05, 0.1) is 0 Å². The second kappa shape index (κ2) is 6.28. The zero-order valence-electron chi connectivity index (χ0n) is 13.6. The van der Waals surface area contributed by atoms with Crippen LogP contribution in [0, 0.1) is 6.92 Å². The highest BCUT2D eigenvalue weighted by Gasteiger charge is 2.15. The topological polar surface area (TPSA) is 65.5 Å². The number of hydrogen-bond acceptors (Lipinski definition) is 5. The van der Waals surface area contributed by atoms with Crippen molar-refractivity contribution in [1.82, 2.24) is 5.16 Å². The molecule has 4 aromatic rings. The molecule has 25 heavy (non-hydrogen) atoms. The molecule has 124 valence electrons. The summed E-state index contributed by atoms with van der Waals surface area (Å²) in [5, 5.41) is 4.80. The fraction of sp³-hybridized carbons (Fsp3) is 0.100. The molecule has 4 rings (SSSR count). The number of nitrogens with zero attached hydrogens (tertiary/aromatic N) is 1. The molecule has 0 fully saturated rings. The summed E-state index contributed by atoms with van der Waals surface area (Å²) in [5.41, 5.74) is 3.29. The number of aryl methyl sites for hydroxylation is 1. The summed E-state index contributed by atoms with van der Waals surface area (Å²) < 4.78 is 16.1. The van der Waals surface area contributed by atoms with E-state index in [1.165, 1.54) is 5.56 Å². The van der Waals surface area contributed by atoms with E-state index in [1.54, 1.807) is 18.2 Å². The molecule has 0 unspecified atom stereocenters. The highest BCUT2D eigenvalue weighted by atomic mass is 16.5. The monoisotopic (exact) mass is 333 g/mol. The van der Waals surface area contributed by atoms with Gasteiger partial charge in [0.2, 0.25) is 5.76 Å². The molecule has 0 aliphatic rings. The van der Waals surface area contributed by atoms with Crippen LogP contribution in [0.3, 0.4) is 0 Å². The first kappa shape index (κ1) is 15.2. The van der Waals surface area contributed by atoms with Crippen molar-refractivity contribution in [3.63, 3.8) is 0 Å². The van der Waals surface area contributed by atoms with Gasteiger partial charge in [-0.05, 0) is 19.1 Å². The highest BCUT2D eigenvalue weighted by Crippen LogP contribution is 2.22. The van der Waals surface area contributed by atoms with Crippen LogP contribution in [-0.4, -0.2) is 11.1 Å². The lowest BCUT2D eigenvalue weighted by Crippen LogP contribution is -2.03. The van der Waals surface area contributed by atoms with E-state index in [0.29, 0.717) is 17.0 Å². The van der Waals surface area contributed by atoms with Crippen molar-refractivity contribution < 1.29 is 18.5 Å². The SMILES string of the molecule is Cc1ccc(-c2cc(COC(=O)c3cc4ccccc4o3)no2)cc1. The smallest absolute Gasteiger partial charge is 0.374 e. The van der Waals surface area contributed by atoms with Gasteiger partial charge in [-0.15, -0.1) is 0 Å². The van der Waals surface area contributed by atoms with E-state index in [-0.39, 0.29) is 12.4 Å².